The summed E-state index contributed by atoms with van der Waals surface area (Å²) < 4.78 is 12.1. The summed E-state index contributed by atoms with van der Waals surface area (Å²) in [6.07, 6.45) is 1.82. The molecule has 40 heavy (non-hydrogen) atoms. The molecule has 0 aliphatic carbocycles. The number of fused-ring (bicyclic) bond motifs is 1. The number of nitrogens with one attached hydrogen (secondary N) is 2. The number of hydrogen-bond donors (Lipinski definition) is 2. The Morgan fingerprint density at radius 3 is 2.17 bits per heavy atom. The Hall–Kier alpha value is -4.14. The van der Waals surface area contributed by atoms with E-state index in [9.17, 15) is 19.2 Å². The van der Waals surface area contributed by atoms with Gasteiger partial charge in [0.15, 0.2) is 0 Å². The van der Waals surface area contributed by atoms with Crippen LogP contribution in [0.25, 0.3) is 10.9 Å². The van der Waals surface area contributed by atoms with Crippen molar-refractivity contribution in [1.82, 2.24) is 15.2 Å². The SMILES string of the molecule is CCOC(=O)[C@H](Cc1ccccc1)NC(=O)[C@H](C)NC(=O)[C@@H](C)Cc1cn(C(=O)OC(C)(C)C)c2ccccc12. The quantitative estimate of drug-likeness (QED) is 0.362. The van der Waals surface area contributed by atoms with E-state index in [1.165, 1.54) is 4.57 Å². The molecule has 0 spiro atoms. The Morgan fingerprint density at radius 2 is 1.52 bits per heavy atom. The van der Waals surface area contributed by atoms with Gasteiger partial charge in [-0.05, 0) is 58.2 Å². The first-order valence-corrected chi connectivity index (χ1v) is 13.5. The molecule has 2 aromatic carbocycles. The monoisotopic (exact) mass is 549 g/mol. The molecule has 3 rings (SSSR count). The Kier molecular flexibility index (Phi) is 10.1. The highest BCUT2D eigenvalue weighted by Gasteiger charge is 2.27. The highest BCUT2D eigenvalue weighted by molar-refractivity contribution is 5.93. The minimum atomic E-state index is -0.884. The summed E-state index contributed by atoms with van der Waals surface area (Å²) in [4.78, 5) is 51.3. The number of carbonyl (C=O) groups is 4. The lowest BCUT2D eigenvalue weighted by Gasteiger charge is -2.21. The molecule has 0 bridgehead atoms. The summed E-state index contributed by atoms with van der Waals surface area (Å²) in [5.41, 5.74) is 1.72. The number of nitrogens with zero attached hydrogens (tertiary/aromatic N) is 1. The number of para-hydroxylation sites is 1. The number of aromatic nitrogens is 1. The molecule has 2 amide bonds. The van der Waals surface area contributed by atoms with Crippen molar-refractivity contribution in [3.8, 4) is 0 Å². The van der Waals surface area contributed by atoms with Gasteiger partial charge in [-0.1, -0.05) is 55.5 Å². The van der Waals surface area contributed by atoms with Crippen LogP contribution in [0, 0.1) is 5.92 Å². The fourth-order valence-corrected chi connectivity index (χ4v) is 4.30. The average molecular weight is 550 g/mol. The summed E-state index contributed by atoms with van der Waals surface area (Å²) in [6, 6.07) is 15.0. The van der Waals surface area contributed by atoms with Gasteiger partial charge in [-0.2, -0.15) is 0 Å². The van der Waals surface area contributed by atoms with Gasteiger partial charge in [0.1, 0.15) is 17.7 Å². The molecule has 0 saturated carbocycles. The third-order valence-electron chi connectivity index (χ3n) is 6.28. The number of rotatable bonds is 10. The molecular weight excluding hydrogens is 510 g/mol. The fraction of sp³-hybridized carbons (Fsp3) is 0.419. The van der Waals surface area contributed by atoms with Crippen molar-refractivity contribution < 1.29 is 28.7 Å². The minimum absolute atomic E-state index is 0.189. The van der Waals surface area contributed by atoms with E-state index in [4.69, 9.17) is 9.47 Å². The number of benzene rings is 2. The molecule has 3 atom stereocenters. The molecule has 3 aromatic rings. The Morgan fingerprint density at radius 1 is 0.875 bits per heavy atom. The van der Waals surface area contributed by atoms with Crippen molar-refractivity contribution in [1.29, 1.82) is 0 Å². The largest absolute Gasteiger partial charge is 0.464 e. The van der Waals surface area contributed by atoms with Crippen LogP contribution in [-0.2, 0) is 36.7 Å². The maximum atomic E-state index is 13.1. The highest BCUT2D eigenvalue weighted by Crippen LogP contribution is 2.25. The lowest BCUT2D eigenvalue weighted by Crippen LogP contribution is -2.52. The van der Waals surface area contributed by atoms with Gasteiger partial charge >= 0.3 is 12.1 Å². The smallest absolute Gasteiger partial charge is 0.419 e. The maximum absolute atomic E-state index is 13.1. The predicted molar refractivity (Wildman–Crippen MR) is 153 cm³/mol. The summed E-state index contributed by atoms with van der Waals surface area (Å²) >= 11 is 0. The minimum Gasteiger partial charge on any atom is -0.464 e. The first-order chi connectivity index (χ1) is 18.9. The summed E-state index contributed by atoms with van der Waals surface area (Å²) in [5, 5.41) is 6.31. The van der Waals surface area contributed by atoms with Crippen LogP contribution in [0.4, 0.5) is 4.79 Å². The molecule has 9 heteroatoms. The fourth-order valence-electron chi connectivity index (χ4n) is 4.30. The van der Waals surface area contributed by atoms with E-state index >= 15 is 0 Å². The second-order valence-electron chi connectivity index (χ2n) is 10.9. The van der Waals surface area contributed by atoms with Crippen LogP contribution in [0.2, 0.25) is 0 Å². The molecule has 0 aliphatic rings. The third kappa shape index (κ3) is 8.18. The topological polar surface area (TPSA) is 116 Å². The average Bonchev–Trinajstić information content (AvgIpc) is 3.26. The van der Waals surface area contributed by atoms with Crippen molar-refractivity contribution in [3.63, 3.8) is 0 Å². The van der Waals surface area contributed by atoms with E-state index in [0.29, 0.717) is 11.9 Å². The van der Waals surface area contributed by atoms with Crippen LogP contribution in [0.15, 0.2) is 60.8 Å². The Bertz CT molecular complexity index is 1340. The van der Waals surface area contributed by atoms with Gasteiger partial charge in [-0.25, -0.2) is 9.59 Å². The highest BCUT2D eigenvalue weighted by atomic mass is 16.6. The summed E-state index contributed by atoms with van der Waals surface area (Å²) in [5.74, 6) is -1.85. The molecule has 0 fully saturated rings. The van der Waals surface area contributed by atoms with Crippen molar-refractivity contribution in [2.45, 2.75) is 72.1 Å². The molecule has 2 N–H and O–H groups in total. The van der Waals surface area contributed by atoms with Gasteiger partial charge in [0.25, 0.3) is 0 Å². The van der Waals surface area contributed by atoms with E-state index in [2.05, 4.69) is 10.6 Å². The molecule has 0 saturated heterocycles. The lowest BCUT2D eigenvalue weighted by atomic mass is 9.99. The molecular formula is C31H39N3O6. The van der Waals surface area contributed by atoms with Crippen molar-refractivity contribution >= 4 is 34.8 Å². The van der Waals surface area contributed by atoms with Gasteiger partial charge in [0.05, 0.1) is 12.1 Å². The summed E-state index contributed by atoms with van der Waals surface area (Å²) in [6.45, 7) is 10.6. The van der Waals surface area contributed by atoms with Crippen LogP contribution in [-0.4, -0.2) is 52.7 Å². The zero-order valence-corrected chi connectivity index (χ0v) is 24.0. The standard InChI is InChI=1S/C31H39N3O6/c1-7-39-29(37)25(18-22-13-9-8-10-14-22)33-28(36)21(3)32-27(35)20(2)17-23-19-34(30(38)40-31(4,5)6)26-16-12-11-15-24(23)26/h8-16,19-21,25H,7,17-18H2,1-6H3,(H,32,35)(H,33,36)/t20-,21-,25-/m0/s1. The molecule has 9 nitrogen and oxygen atoms in total. The van der Waals surface area contributed by atoms with Gasteiger partial charge in [-0.15, -0.1) is 0 Å². The number of hydrogen-bond acceptors (Lipinski definition) is 6. The van der Waals surface area contributed by atoms with Crippen LogP contribution < -0.4 is 10.6 Å². The zero-order chi connectivity index (χ0) is 29.4. The molecule has 1 aromatic heterocycles. The van der Waals surface area contributed by atoms with E-state index in [-0.39, 0.29) is 18.9 Å². The van der Waals surface area contributed by atoms with E-state index in [1.807, 2.05) is 54.6 Å². The van der Waals surface area contributed by atoms with Crippen molar-refractivity contribution in [2.24, 2.45) is 5.92 Å². The molecule has 0 radical (unpaired) electrons. The van der Waals surface area contributed by atoms with Gasteiger partial charge in [0, 0.05) is 23.9 Å². The lowest BCUT2D eigenvalue weighted by molar-refractivity contribution is -0.147. The molecule has 0 unspecified atom stereocenters. The number of amides is 2. The third-order valence-corrected chi connectivity index (χ3v) is 6.28. The maximum Gasteiger partial charge on any atom is 0.419 e. The van der Waals surface area contributed by atoms with Crippen LogP contribution in [0.5, 0.6) is 0 Å². The Balaban J connectivity index is 1.67. The van der Waals surface area contributed by atoms with Crippen molar-refractivity contribution in [2.75, 3.05) is 6.61 Å². The van der Waals surface area contributed by atoms with Gasteiger partial charge < -0.3 is 20.1 Å². The van der Waals surface area contributed by atoms with E-state index < -0.39 is 41.6 Å². The molecule has 1 heterocycles. The second-order valence-corrected chi connectivity index (χ2v) is 10.9. The van der Waals surface area contributed by atoms with Crippen molar-refractivity contribution in [3.05, 3.63) is 71.9 Å². The van der Waals surface area contributed by atoms with Crippen LogP contribution in [0.1, 0.15) is 52.7 Å². The van der Waals surface area contributed by atoms with E-state index in [1.54, 1.807) is 47.7 Å². The molecule has 0 aliphatic heterocycles. The second kappa shape index (κ2) is 13.3. The first-order valence-electron chi connectivity index (χ1n) is 13.5. The Labute approximate surface area is 235 Å². The number of ether oxygens (including phenoxy) is 2. The summed E-state index contributed by atoms with van der Waals surface area (Å²) in [7, 11) is 0. The van der Waals surface area contributed by atoms with Crippen LogP contribution >= 0.6 is 0 Å². The number of carbonyl (C=O) groups excluding carboxylic acids is 4. The normalized spacial score (nSPS) is 13.7. The first kappa shape index (κ1) is 30.4. The number of esters is 1. The van der Waals surface area contributed by atoms with Gasteiger partial charge in [0.2, 0.25) is 11.8 Å². The van der Waals surface area contributed by atoms with Crippen LogP contribution in [0.3, 0.4) is 0 Å². The van der Waals surface area contributed by atoms with Gasteiger partial charge in [-0.3, -0.25) is 14.2 Å². The predicted octanol–water partition coefficient (Wildman–Crippen LogP) is 4.40. The zero-order valence-electron chi connectivity index (χ0n) is 24.0. The van der Waals surface area contributed by atoms with E-state index in [0.717, 1.165) is 16.5 Å². The molecule has 214 valence electrons.